The number of rotatable bonds is 1. The van der Waals surface area contributed by atoms with Crippen molar-refractivity contribution in [3.63, 3.8) is 0 Å². The first kappa shape index (κ1) is 10.2. The van der Waals surface area contributed by atoms with Crippen LogP contribution in [0, 0.1) is 12.3 Å². The first-order chi connectivity index (χ1) is 6.72. The highest BCUT2D eigenvalue weighted by Gasteiger charge is 2.34. The van der Waals surface area contributed by atoms with Gasteiger partial charge in [0.1, 0.15) is 6.54 Å². The zero-order valence-electron chi connectivity index (χ0n) is 7.07. The fraction of sp³-hybridized carbons (Fsp3) is 0.111. The van der Waals surface area contributed by atoms with Crippen molar-refractivity contribution in [3.05, 3.63) is 23.2 Å². The van der Waals surface area contributed by atoms with Gasteiger partial charge in [-0.3, -0.25) is 0 Å². The molecule has 1 atom stereocenters. The highest BCUT2D eigenvalue weighted by Crippen LogP contribution is 2.42. The molecule has 0 bridgehead atoms. The van der Waals surface area contributed by atoms with Crippen LogP contribution in [-0.4, -0.2) is 14.8 Å². The lowest BCUT2D eigenvalue weighted by molar-refractivity contribution is 0.560. The zero-order chi connectivity index (χ0) is 10.1. The number of benzene rings is 1. The second kappa shape index (κ2) is 4.05. The van der Waals surface area contributed by atoms with Gasteiger partial charge in [-0.15, -0.1) is 6.42 Å². The molecule has 2 rings (SSSR count). The van der Waals surface area contributed by atoms with Crippen molar-refractivity contribution < 1.29 is 4.55 Å². The van der Waals surface area contributed by atoms with E-state index in [0.717, 1.165) is 9.79 Å². The molecule has 0 fully saturated rings. The van der Waals surface area contributed by atoms with Gasteiger partial charge in [0.25, 0.3) is 0 Å². The summed E-state index contributed by atoms with van der Waals surface area (Å²) in [6, 6.07) is 5.36. The molecule has 72 valence electrons. The summed E-state index contributed by atoms with van der Waals surface area (Å²) in [7, 11) is 0. The van der Waals surface area contributed by atoms with Crippen molar-refractivity contribution in [2.45, 2.75) is 9.79 Å². The van der Waals surface area contributed by atoms with Crippen LogP contribution in [0.2, 0.25) is 5.02 Å². The molecule has 0 aliphatic carbocycles. The van der Waals surface area contributed by atoms with Gasteiger partial charge >= 0.3 is 0 Å². The third-order valence-electron chi connectivity index (χ3n) is 1.70. The highest BCUT2D eigenvalue weighted by atomic mass is 35.5. The molecule has 1 aliphatic rings. The van der Waals surface area contributed by atoms with Crippen molar-refractivity contribution in [2.75, 3.05) is 6.54 Å². The maximum absolute atomic E-state index is 11.8. The average molecular weight is 244 g/mol. The number of hydrogen-bond donors (Lipinski definition) is 0. The Hall–Kier alpha value is -0.310. The van der Waals surface area contributed by atoms with E-state index in [1.165, 1.54) is 11.9 Å². The van der Waals surface area contributed by atoms with Crippen LogP contribution in [0.1, 0.15) is 0 Å². The zero-order valence-corrected chi connectivity index (χ0v) is 9.46. The quantitative estimate of drug-likeness (QED) is 0.430. The minimum Gasteiger partial charge on any atom is -0.592 e. The Kier molecular flexibility index (Phi) is 2.96. The molecule has 1 aliphatic heterocycles. The van der Waals surface area contributed by atoms with E-state index in [1.54, 1.807) is 15.8 Å². The normalized spacial score (nSPS) is 20.5. The van der Waals surface area contributed by atoms with Gasteiger partial charge in [-0.05, 0) is 15.8 Å². The summed E-state index contributed by atoms with van der Waals surface area (Å²) >= 11 is 6.04. The molecule has 1 unspecified atom stereocenters. The second-order valence-corrected chi connectivity index (χ2v) is 5.74. The highest BCUT2D eigenvalue weighted by molar-refractivity contribution is 8.11. The predicted molar refractivity (Wildman–Crippen MR) is 59.3 cm³/mol. The van der Waals surface area contributed by atoms with Crippen LogP contribution in [0.25, 0.3) is 0 Å². The largest absolute Gasteiger partial charge is 0.592 e. The monoisotopic (exact) mass is 243 g/mol. The molecular weight excluding hydrogens is 238 g/mol. The van der Waals surface area contributed by atoms with Gasteiger partial charge in [0, 0.05) is 23.0 Å². The SMILES string of the molecule is C#CCN1Sc2ccc(Cl)cc2[S+]1[O-]. The first-order valence-corrected chi connectivity index (χ1v) is 6.08. The third kappa shape index (κ3) is 1.74. The van der Waals surface area contributed by atoms with Crippen LogP contribution < -0.4 is 0 Å². The van der Waals surface area contributed by atoms with Crippen LogP contribution >= 0.6 is 23.5 Å². The fourth-order valence-electron chi connectivity index (χ4n) is 1.11. The molecule has 2 nitrogen and oxygen atoms in total. The van der Waals surface area contributed by atoms with E-state index in [0.29, 0.717) is 11.6 Å². The van der Waals surface area contributed by atoms with Crippen molar-refractivity contribution >= 4 is 34.9 Å². The van der Waals surface area contributed by atoms with Crippen molar-refractivity contribution in [1.82, 2.24) is 3.71 Å². The van der Waals surface area contributed by atoms with E-state index in [2.05, 4.69) is 5.92 Å². The Bertz CT molecular complexity index is 404. The molecule has 1 aromatic carbocycles. The van der Waals surface area contributed by atoms with Gasteiger partial charge < -0.3 is 4.55 Å². The Morgan fingerprint density at radius 1 is 1.64 bits per heavy atom. The molecule has 1 aromatic rings. The summed E-state index contributed by atoms with van der Waals surface area (Å²) in [5, 5.41) is 0.597. The topological polar surface area (TPSA) is 26.3 Å². The lowest BCUT2D eigenvalue weighted by Crippen LogP contribution is -2.19. The van der Waals surface area contributed by atoms with Crippen molar-refractivity contribution in [2.24, 2.45) is 0 Å². The Morgan fingerprint density at radius 3 is 3.14 bits per heavy atom. The van der Waals surface area contributed by atoms with E-state index < -0.39 is 11.4 Å². The van der Waals surface area contributed by atoms with Gasteiger partial charge in [0.15, 0.2) is 4.90 Å². The number of halogens is 1. The molecule has 1 heterocycles. The summed E-state index contributed by atoms with van der Waals surface area (Å²) in [4.78, 5) is 1.71. The van der Waals surface area contributed by atoms with Crippen LogP contribution in [0.4, 0.5) is 0 Å². The summed E-state index contributed by atoms with van der Waals surface area (Å²) in [6.07, 6.45) is 5.17. The molecule has 0 saturated heterocycles. The van der Waals surface area contributed by atoms with E-state index in [9.17, 15) is 4.55 Å². The summed E-state index contributed by atoms with van der Waals surface area (Å²) in [6.45, 7) is 0.365. The Morgan fingerprint density at radius 2 is 2.43 bits per heavy atom. The van der Waals surface area contributed by atoms with E-state index in [4.69, 9.17) is 18.0 Å². The smallest absolute Gasteiger partial charge is 0.191 e. The predicted octanol–water partition coefficient (Wildman–Crippen LogP) is 2.32. The summed E-state index contributed by atoms with van der Waals surface area (Å²) < 4.78 is 13.5. The second-order valence-electron chi connectivity index (χ2n) is 2.63. The molecule has 0 N–H and O–H groups in total. The van der Waals surface area contributed by atoms with Gasteiger partial charge in [0.2, 0.25) is 0 Å². The average Bonchev–Trinajstić information content (AvgIpc) is 2.46. The van der Waals surface area contributed by atoms with E-state index in [-0.39, 0.29) is 0 Å². The van der Waals surface area contributed by atoms with Gasteiger partial charge in [-0.25, -0.2) is 0 Å². The van der Waals surface area contributed by atoms with Crippen LogP contribution in [0.3, 0.4) is 0 Å². The molecule has 0 spiro atoms. The molecule has 0 aromatic heterocycles. The molecule has 0 radical (unpaired) electrons. The molecular formula is C9H6ClNOS2. The maximum atomic E-state index is 11.8. The maximum Gasteiger partial charge on any atom is 0.191 e. The van der Waals surface area contributed by atoms with Gasteiger partial charge in [0.05, 0.1) is 16.3 Å². The number of fused-ring (bicyclic) bond motifs is 1. The lowest BCUT2D eigenvalue weighted by Gasteiger charge is -2.10. The first-order valence-electron chi connectivity index (χ1n) is 3.83. The van der Waals surface area contributed by atoms with Gasteiger partial charge in [-0.1, -0.05) is 17.5 Å². The minimum absolute atomic E-state index is 0.365. The summed E-state index contributed by atoms with van der Waals surface area (Å²) in [5.41, 5.74) is 0. The number of terminal acetylenes is 1. The van der Waals surface area contributed by atoms with Gasteiger partial charge in [-0.2, -0.15) is 0 Å². The van der Waals surface area contributed by atoms with Crippen LogP contribution in [0.15, 0.2) is 28.0 Å². The Balaban J connectivity index is 2.32. The lowest BCUT2D eigenvalue weighted by atomic mass is 10.4. The Labute approximate surface area is 95.1 Å². The van der Waals surface area contributed by atoms with Crippen molar-refractivity contribution in [1.29, 1.82) is 0 Å². The van der Waals surface area contributed by atoms with E-state index in [1.807, 2.05) is 6.07 Å². The van der Waals surface area contributed by atoms with Crippen LogP contribution in [-0.2, 0) is 11.4 Å². The van der Waals surface area contributed by atoms with Crippen LogP contribution in [0.5, 0.6) is 0 Å². The molecule has 0 amide bonds. The molecule has 5 heteroatoms. The van der Waals surface area contributed by atoms with Crippen molar-refractivity contribution in [3.8, 4) is 12.3 Å². The fourth-order valence-corrected chi connectivity index (χ4v) is 3.94. The molecule has 14 heavy (non-hydrogen) atoms. The summed E-state index contributed by atoms with van der Waals surface area (Å²) in [5.74, 6) is 2.47. The third-order valence-corrected chi connectivity index (χ3v) is 4.79. The number of nitrogens with zero attached hydrogens (tertiary/aromatic N) is 1. The molecule has 0 saturated carbocycles. The van der Waals surface area contributed by atoms with E-state index >= 15 is 0 Å². The standard InChI is InChI=1S/C9H6ClNOS2/c1-2-5-11-13-8-4-3-7(10)6-9(8)14(11)12/h1,3-4,6H,5H2. The minimum atomic E-state index is -1.18. The number of hydrogen-bond acceptors (Lipinski definition) is 3.